The van der Waals surface area contributed by atoms with Crippen LogP contribution >= 0.6 is 0 Å². The molecule has 0 atom stereocenters. The molecule has 0 saturated carbocycles. The summed E-state index contributed by atoms with van der Waals surface area (Å²) in [7, 11) is 0. The van der Waals surface area contributed by atoms with E-state index in [2.05, 4.69) is 4.74 Å². The van der Waals surface area contributed by atoms with Gasteiger partial charge in [-0.05, 0) is 35.4 Å². The molecule has 0 fully saturated rings. The Labute approximate surface area is 122 Å². The first-order valence-corrected chi connectivity index (χ1v) is 5.98. The third-order valence-electron chi connectivity index (χ3n) is 2.86. The summed E-state index contributed by atoms with van der Waals surface area (Å²) in [5, 5.41) is 8.82. The van der Waals surface area contributed by atoms with Crippen molar-refractivity contribution in [2.24, 2.45) is 0 Å². The SMILES string of the molecule is N#Cc1ccc(-c2ccc(C(F)(F)F)cc2)cc1OC(F)F. The van der Waals surface area contributed by atoms with Crippen molar-refractivity contribution >= 4 is 0 Å². The van der Waals surface area contributed by atoms with E-state index in [1.165, 1.54) is 30.3 Å². The van der Waals surface area contributed by atoms with Crippen LogP contribution in [0.15, 0.2) is 42.5 Å². The second kappa shape index (κ2) is 6.02. The quantitative estimate of drug-likeness (QED) is 0.759. The van der Waals surface area contributed by atoms with Crippen LogP contribution in [0, 0.1) is 11.3 Å². The number of hydrogen-bond acceptors (Lipinski definition) is 2. The van der Waals surface area contributed by atoms with Crippen molar-refractivity contribution in [2.75, 3.05) is 0 Å². The fraction of sp³-hybridized carbons (Fsp3) is 0.133. The van der Waals surface area contributed by atoms with E-state index in [9.17, 15) is 22.0 Å². The minimum atomic E-state index is -4.45. The molecule has 2 aromatic carbocycles. The highest BCUT2D eigenvalue weighted by Gasteiger charge is 2.30. The van der Waals surface area contributed by atoms with Crippen LogP contribution in [0.5, 0.6) is 5.75 Å². The number of alkyl halides is 5. The summed E-state index contributed by atoms with van der Waals surface area (Å²) in [6.45, 7) is -3.10. The molecule has 0 aromatic heterocycles. The molecule has 0 bridgehead atoms. The van der Waals surface area contributed by atoms with Gasteiger partial charge in [0.25, 0.3) is 0 Å². The van der Waals surface area contributed by atoms with Crippen LogP contribution in [0.4, 0.5) is 22.0 Å². The predicted octanol–water partition coefficient (Wildman–Crippen LogP) is 4.85. The first-order chi connectivity index (χ1) is 10.3. The Morgan fingerprint density at radius 2 is 1.55 bits per heavy atom. The lowest BCUT2D eigenvalue weighted by Gasteiger charge is -2.10. The number of benzene rings is 2. The normalized spacial score (nSPS) is 11.3. The molecule has 0 spiro atoms. The van der Waals surface area contributed by atoms with E-state index in [1.807, 2.05) is 0 Å². The number of ether oxygens (including phenoxy) is 1. The predicted molar refractivity (Wildman–Crippen MR) is 68.2 cm³/mol. The molecule has 0 aliphatic heterocycles. The zero-order valence-corrected chi connectivity index (χ0v) is 10.9. The van der Waals surface area contributed by atoms with Gasteiger partial charge in [-0.15, -0.1) is 0 Å². The minimum Gasteiger partial charge on any atom is -0.433 e. The third-order valence-corrected chi connectivity index (χ3v) is 2.86. The number of rotatable bonds is 3. The van der Waals surface area contributed by atoms with Crippen LogP contribution in [0.1, 0.15) is 11.1 Å². The number of nitrogens with zero attached hydrogens (tertiary/aromatic N) is 1. The van der Waals surface area contributed by atoms with Gasteiger partial charge in [0.15, 0.2) is 0 Å². The van der Waals surface area contributed by atoms with E-state index in [-0.39, 0.29) is 11.3 Å². The summed E-state index contributed by atoms with van der Waals surface area (Å²) >= 11 is 0. The Hall–Kier alpha value is -2.62. The maximum absolute atomic E-state index is 12.5. The molecule has 0 heterocycles. The lowest BCUT2D eigenvalue weighted by molar-refractivity contribution is -0.137. The van der Waals surface area contributed by atoms with Crippen LogP contribution in [-0.4, -0.2) is 6.61 Å². The van der Waals surface area contributed by atoms with Crippen LogP contribution in [-0.2, 0) is 6.18 Å². The molecule has 0 radical (unpaired) electrons. The Kier molecular flexibility index (Phi) is 4.31. The average molecular weight is 313 g/mol. The van der Waals surface area contributed by atoms with Crippen LogP contribution in [0.25, 0.3) is 11.1 Å². The standard InChI is InChI=1S/C15H8F5NO/c16-14(17)22-13-7-10(1-2-11(13)8-21)9-3-5-12(6-4-9)15(18,19)20/h1-7,14H. The van der Waals surface area contributed by atoms with E-state index in [4.69, 9.17) is 5.26 Å². The molecule has 2 rings (SSSR count). The molecular weight excluding hydrogens is 305 g/mol. The Morgan fingerprint density at radius 3 is 2.05 bits per heavy atom. The largest absolute Gasteiger partial charge is 0.433 e. The molecule has 0 aliphatic rings. The number of nitriles is 1. The topological polar surface area (TPSA) is 33.0 Å². The summed E-state index contributed by atoms with van der Waals surface area (Å²) in [5.41, 5.74) is -0.148. The van der Waals surface area contributed by atoms with Crippen molar-refractivity contribution < 1.29 is 26.7 Å². The Balaban J connectivity index is 2.39. The molecular formula is C15H8F5NO. The van der Waals surface area contributed by atoms with Gasteiger partial charge in [-0.3, -0.25) is 0 Å². The van der Waals surface area contributed by atoms with Gasteiger partial charge < -0.3 is 4.74 Å². The maximum Gasteiger partial charge on any atom is 0.416 e. The van der Waals surface area contributed by atoms with Crippen LogP contribution < -0.4 is 4.74 Å². The van der Waals surface area contributed by atoms with E-state index in [0.717, 1.165) is 12.1 Å². The van der Waals surface area contributed by atoms with Gasteiger partial charge in [0, 0.05) is 0 Å². The second-order valence-electron chi connectivity index (χ2n) is 4.28. The highest BCUT2D eigenvalue weighted by Crippen LogP contribution is 2.32. The fourth-order valence-electron chi connectivity index (χ4n) is 1.84. The molecule has 0 amide bonds. The van der Waals surface area contributed by atoms with E-state index in [0.29, 0.717) is 11.1 Å². The summed E-state index contributed by atoms with van der Waals surface area (Å²) in [4.78, 5) is 0. The van der Waals surface area contributed by atoms with E-state index >= 15 is 0 Å². The molecule has 0 N–H and O–H groups in total. The van der Waals surface area contributed by atoms with Gasteiger partial charge in [-0.1, -0.05) is 18.2 Å². The molecule has 114 valence electrons. The van der Waals surface area contributed by atoms with Crippen molar-refractivity contribution in [2.45, 2.75) is 12.8 Å². The van der Waals surface area contributed by atoms with Crippen molar-refractivity contribution in [1.29, 1.82) is 5.26 Å². The zero-order chi connectivity index (χ0) is 16.3. The first kappa shape index (κ1) is 15.8. The molecule has 7 heteroatoms. The third kappa shape index (κ3) is 3.52. The lowest BCUT2D eigenvalue weighted by Crippen LogP contribution is -2.04. The summed E-state index contributed by atoms with van der Waals surface area (Å²) in [6.07, 6.45) is -4.45. The van der Waals surface area contributed by atoms with Crippen molar-refractivity contribution in [3.05, 3.63) is 53.6 Å². The highest BCUT2D eigenvalue weighted by atomic mass is 19.4. The molecule has 22 heavy (non-hydrogen) atoms. The van der Waals surface area contributed by atoms with Crippen LogP contribution in [0.3, 0.4) is 0 Å². The monoisotopic (exact) mass is 313 g/mol. The van der Waals surface area contributed by atoms with Gasteiger partial charge in [0.1, 0.15) is 11.8 Å². The number of hydrogen-bond donors (Lipinski definition) is 0. The number of halogens is 5. The minimum absolute atomic E-state index is 0.0871. The molecule has 2 nitrogen and oxygen atoms in total. The van der Waals surface area contributed by atoms with Gasteiger partial charge in [0.05, 0.1) is 11.1 Å². The molecule has 2 aromatic rings. The lowest BCUT2D eigenvalue weighted by atomic mass is 10.0. The molecule has 0 unspecified atom stereocenters. The van der Waals surface area contributed by atoms with Gasteiger partial charge in [-0.2, -0.15) is 27.2 Å². The van der Waals surface area contributed by atoms with E-state index in [1.54, 1.807) is 6.07 Å². The Bertz CT molecular complexity index is 701. The first-order valence-electron chi connectivity index (χ1n) is 5.98. The highest BCUT2D eigenvalue weighted by molar-refractivity contribution is 5.67. The Morgan fingerprint density at radius 1 is 0.955 bits per heavy atom. The summed E-state index contributed by atoms with van der Waals surface area (Å²) < 4.78 is 66.3. The van der Waals surface area contributed by atoms with E-state index < -0.39 is 18.4 Å². The maximum atomic E-state index is 12.5. The van der Waals surface area contributed by atoms with Gasteiger partial charge in [-0.25, -0.2) is 0 Å². The van der Waals surface area contributed by atoms with Crippen LogP contribution in [0.2, 0.25) is 0 Å². The summed E-state index contributed by atoms with van der Waals surface area (Å²) in [6, 6.07) is 9.82. The summed E-state index contributed by atoms with van der Waals surface area (Å²) in [5.74, 6) is -0.324. The zero-order valence-electron chi connectivity index (χ0n) is 10.9. The van der Waals surface area contributed by atoms with Gasteiger partial charge >= 0.3 is 12.8 Å². The van der Waals surface area contributed by atoms with Gasteiger partial charge in [0.2, 0.25) is 0 Å². The molecule has 0 aliphatic carbocycles. The molecule has 0 saturated heterocycles. The average Bonchev–Trinajstić information content (AvgIpc) is 2.46. The fourth-order valence-corrected chi connectivity index (χ4v) is 1.84. The second-order valence-corrected chi connectivity index (χ2v) is 4.28. The smallest absolute Gasteiger partial charge is 0.416 e. The van der Waals surface area contributed by atoms with Crippen molar-refractivity contribution in [3.8, 4) is 22.9 Å². The van der Waals surface area contributed by atoms with Crippen molar-refractivity contribution in [1.82, 2.24) is 0 Å². The van der Waals surface area contributed by atoms with Crippen molar-refractivity contribution in [3.63, 3.8) is 0 Å².